The summed E-state index contributed by atoms with van der Waals surface area (Å²) >= 11 is 0. The highest BCUT2D eigenvalue weighted by Crippen LogP contribution is 2.33. The maximum atomic E-state index is 12.8. The third-order valence-electron chi connectivity index (χ3n) is 4.26. The van der Waals surface area contributed by atoms with Gasteiger partial charge >= 0.3 is 6.18 Å². The van der Waals surface area contributed by atoms with E-state index in [2.05, 4.69) is 5.32 Å². The van der Waals surface area contributed by atoms with Crippen LogP contribution < -0.4 is 5.32 Å². The van der Waals surface area contributed by atoms with Crippen LogP contribution in [0.4, 0.5) is 13.2 Å². The lowest BCUT2D eigenvalue weighted by Gasteiger charge is -2.29. The fourth-order valence-corrected chi connectivity index (χ4v) is 2.95. The molecule has 1 fully saturated rings. The van der Waals surface area contributed by atoms with Crippen molar-refractivity contribution in [3.63, 3.8) is 0 Å². The standard InChI is InChI=1S/C19H20F3NO/c20-19(21,22)16-8-6-15(7-9-16)18(14-4-2-1-3-5-14)24-17-10-12-23-13-11-17/h1-9,17-18,23H,10-13H2. The summed E-state index contributed by atoms with van der Waals surface area (Å²) in [6.45, 7) is 1.80. The van der Waals surface area contributed by atoms with Gasteiger partial charge in [-0.15, -0.1) is 0 Å². The van der Waals surface area contributed by atoms with E-state index in [9.17, 15) is 13.2 Å². The predicted molar refractivity (Wildman–Crippen MR) is 86.7 cm³/mol. The summed E-state index contributed by atoms with van der Waals surface area (Å²) < 4.78 is 44.6. The molecule has 1 aliphatic heterocycles. The third-order valence-corrected chi connectivity index (χ3v) is 4.26. The minimum atomic E-state index is -4.32. The van der Waals surface area contributed by atoms with Crippen LogP contribution >= 0.6 is 0 Å². The molecule has 0 amide bonds. The second kappa shape index (κ2) is 7.36. The number of benzene rings is 2. The van der Waals surface area contributed by atoms with Crippen molar-refractivity contribution in [1.82, 2.24) is 5.32 Å². The van der Waals surface area contributed by atoms with E-state index < -0.39 is 11.7 Å². The molecule has 0 radical (unpaired) electrons. The van der Waals surface area contributed by atoms with Gasteiger partial charge in [0.05, 0.1) is 11.7 Å². The van der Waals surface area contributed by atoms with Crippen LogP contribution in [0.3, 0.4) is 0 Å². The minimum absolute atomic E-state index is 0.110. The average Bonchev–Trinajstić information content (AvgIpc) is 2.61. The average molecular weight is 335 g/mol. The Balaban J connectivity index is 1.86. The van der Waals surface area contributed by atoms with Crippen molar-refractivity contribution in [2.75, 3.05) is 13.1 Å². The molecule has 24 heavy (non-hydrogen) atoms. The molecule has 5 heteroatoms. The minimum Gasteiger partial charge on any atom is -0.365 e. The SMILES string of the molecule is FC(F)(F)c1ccc(C(OC2CCNCC2)c2ccccc2)cc1. The van der Waals surface area contributed by atoms with Crippen molar-refractivity contribution in [2.45, 2.75) is 31.2 Å². The summed E-state index contributed by atoms with van der Waals surface area (Å²) in [5.41, 5.74) is 1.06. The van der Waals surface area contributed by atoms with E-state index in [1.807, 2.05) is 30.3 Å². The zero-order valence-electron chi connectivity index (χ0n) is 13.2. The number of ether oxygens (including phenoxy) is 1. The van der Waals surface area contributed by atoms with Gasteiger partial charge in [-0.25, -0.2) is 0 Å². The third kappa shape index (κ3) is 4.16. The first kappa shape index (κ1) is 17.0. The molecule has 1 atom stereocenters. The predicted octanol–water partition coefficient (Wildman–Crippen LogP) is 4.56. The van der Waals surface area contributed by atoms with Crippen molar-refractivity contribution < 1.29 is 17.9 Å². The molecule has 1 saturated heterocycles. The second-order valence-electron chi connectivity index (χ2n) is 6.00. The van der Waals surface area contributed by atoms with E-state index in [0.717, 1.165) is 49.2 Å². The molecular formula is C19H20F3NO. The number of nitrogens with one attached hydrogen (secondary N) is 1. The second-order valence-corrected chi connectivity index (χ2v) is 6.00. The monoisotopic (exact) mass is 335 g/mol. The van der Waals surface area contributed by atoms with Gasteiger partial charge < -0.3 is 10.1 Å². The van der Waals surface area contributed by atoms with E-state index >= 15 is 0 Å². The van der Waals surface area contributed by atoms with Crippen LogP contribution in [0.5, 0.6) is 0 Å². The van der Waals surface area contributed by atoms with Gasteiger partial charge in [0.2, 0.25) is 0 Å². The van der Waals surface area contributed by atoms with E-state index in [0.29, 0.717) is 0 Å². The quantitative estimate of drug-likeness (QED) is 0.884. The number of hydrogen-bond donors (Lipinski definition) is 1. The molecule has 2 aromatic rings. The molecule has 0 bridgehead atoms. The summed E-state index contributed by atoms with van der Waals surface area (Å²) in [6, 6.07) is 14.9. The molecule has 1 aliphatic rings. The normalized spacial score (nSPS) is 17.6. The molecule has 1 unspecified atom stereocenters. The molecule has 1 N–H and O–H groups in total. The molecule has 3 rings (SSSR count). The smallest absolute Gasteiger partial charge is 0.365 e. The highest BCUT2D eigenvalue weighted by molar-refractivity contribution is 5.33. The van der Waals surface area contributed by atoms with Gasteiger partial charge in [-0.3, -0.25) is 0 Å². The van der Waals surface area contributed by atoms with Crippen molar-refractivity contribution >= 4 is 0 Å². The lowest BCUT2D eigenvalue weighted by atomic mass is 9.99. The van der Waals surface area contributed by atoms with Gasteiger partial charge in [-0.05, 0) is 49.2 Å². The van der Waals surface area contributed by atoms with Crippen molar-refractivity contribution in [3.8, 4) is 0 Å². The van der Waals surface area contributed by atoms with E-state index in [1.54, 1.807) is 0 Å². The maximum Gasteiger partial charge on any atom is 0.416 e. The van der Waals surface area contributed by atoms with Gasteiger partial charge in [0.1, 0.15) is 6.10 Å². The molecule has 0 aliphatic carbocycles. The van der Waals surface area contributed by atoms with Crippen LogP contribution in [-0.2, 0) is 10.9 Å². The summed E-state index contributed by atoms with van der Waals surface area (Å²) in [4.78, 5) is 0. The Bertz CT molecular complexity index is 634. The largest absolute Gasteiger partial charge is 0.416 e. The van der Waals surface area contributed by atoms with Gasteiger partial charge in [0, 0.05) is 0 Å². The topological polar surface area (TPSA) is 21.3 Å². The van der Waals surface area contributed by atoms with Crippen LogP contribution in [0.15, 0.2) is 54.6 Å². The van der Waals surface area contributed by atoms with Gasteiger partial charge in [-0.2, -0.15) is 13.2 Å². The summed E-state index contributed by atoms with van der Waals surface area (Å²) in [5, 5.41) is 3.29. The van der Waals surface area contributed by atoms with Crippen molar-refractivity contribution in [3.05, 3.63) is 71.3 Å². The maximum absolute atomic E-state index is 12.8. The van der Waals surface area contributed by atoms with Gasteiger partial charge in [0.15, 0.2) is 0 Å². The van der Waals surface area contributed by atoms with E-state index in [1.165, 1.54) is 12.1 Å². The molecule has 2 nitrogen and oxygen atoms in total. The zero-order chi connectivity index (χ0) is 17.0. The summed E-state index contributed by atoms with van der Waals surface area (Å²) in [5.74, 6) is 0. The number of alkyl halides is 3. The zero-order valence-corrected chi connectivity index (χ0v) is 13.2. The molecule has 0 spiro atoms. The van der Waals surface area contributed by atoms with Crippen LogP contribution in [0.2, 0.25) is 0 Å². The number of halogens is 3. The fraction of sp³-hybridized carbons (Fsp3) is 0.368. The Morgan fingerprint density at radius 2 is 1.46 bits per heavy atom. The Morgan fingerprint density at radius 1 is 0.875 bits per heavy atom. The Labute approximate surface area is 139 Å². The Hall–Kier alpha value is -1.85. The van der Waals surface area contributed by atoms with Crippen LogP contribution in [-0.4, -0.2) is 19.2 Å². The van der Waals surface area contributed by atoms with E-state index in [4.69, 9.17) is 4.74 Å². The van der Waals surface area contributed by atoms with E-state index in [-0.39, 0.29) is 12.2 Å². The first-order chi connectivity index (χ1) is 11.5. The van der Waals surface area contributed by atoms with Crippen molar-refractivity contribution in [2.24, 2.45) is 0 Å². The first-order valence-corrected chi connectivity index (χ1v) is 8.12. The highest BCUT2D eigenvalue weighted by Gasteiger charge is 2.30. The lowest BCUT2D eigenvalue weighted by molar-refractivity contribution is -0.137. The van der Waals surface area contributed by atoms with Crippen LogP contribution in [0.25, 0.3) is 0 Å². The summed E-state index contributed by atoms with van der Waals surface area (Å²) in [6.07, 6.45) is -2.75. The summed E-state index contributed by atoms with van der Waals surface area (Å²) in [7, 11) is 0. The lowest BCUT2D eigenvalue weighted by Crippen LogP contribution is -2.33. The molecule has 128 valence electrons. The fourth-order valence-electron chi connectivity index (χ4n) is 2.95. The van der Waals surface area contributed by atoms with Gasteiger partial charge in [0.25, 0.3) is 0 Å². The Morgan fingerprint density at radius 3 is 2.04 bits per heavy atom. The molecule has 1 heterocycles. The van der Waals surface area contributed by atoms with Crippen LogP contribution in [0, 0.1) is 0 Å². The van der Waals surface area contributed by atoms with Crippen molar-refractivity contribution in [1.29, 1.82) is 0 Å². The number of piperidine rings is 1. The highest BCUT2D eigenvalue weighted by atomic mass is 19.4. The first-order valence-electron chi connectivity index (χ1n) is 8.12. The number of rotatable bonds is 4. The van der Waals surface area contributed by atoms with Gasteiger partial charge in [-0.1, -0.05) is 42.5 Å². The molecule has 2 aromatic carbocycles. The molecule has 0 aromatic heterocycles. The molecule has 0 saturated carbocycles. The molecular weight excluding hydrogens is 315 g/mol. The number of hydrogen-bond acceptors (Lipinski definition) is 2. The Kier molecular flexibility index (Phi) is 5.21. The van der Waals surface area contributed by atoms with Crippen LogP contribution in [0.1, 0.15) is 35.6 Å².